The highest BCUT2D eigenvalue weighted by Crippen LogP contribution is 2.41. The lowest BCUT2D eigenvalue weighted by Crippen LogP contribution is -2.46. The molecule has 2 rings (SSSR count). The van der Waals surface area contributed by atoms with Crippen LogP contribution in [0.25, 0.3) is 0 Å². The number of carbonyl (C=O) groups is 2. The molecule has 21 heavy (non-hydrogen) atoms. The number of halogens is 1. The van der Waals surface area contributed by atoms with E-state index in [-0.39, 0.29) is 11.7 Å². The molecule has 1 aliphatic rings. The first-order chi connectivity index (χ1) is 9.90. The van der Waals surface area contributed by atoms with Crippen LogP contribution in [-0.4, -0.2) is 16.9 Å². The van der Waals surface area contributed by atoms with E-state index in [2.05, 4.69) is 5.32 Å². The summed E-state index contributed by atoms with van der Waals surface area (Å²) < 4.78 is 0. The van der Waals surface area contributed by atoms with Gasteiger partial charge in [-0.3, -0.25) is 9.59 Å². The molecule has 0 saturated heterocycles. The Bertz CT molecular complexity index is 594. The van der Waals surface area contributed by atoms with Crippen molar-refractivity contribution in [2.45, 2.75) is 26.7 Å². The van der Waals surface area contributed by atoms with E-state index in [1.165, 1.54) is 6.08 Å². The highest BCUT2D eigenvalue weighted by Gasteiger charge is 2.50. The summed E-state index contributed by atoms with van der Waals surface area (Å²) in [6.45, 7) is 3.56. The van der Waals surface area contributed by atoms with E-state index in [0.29, 0.717) is 17.9 Å². The number of rotatable bonds is 4. The second kappa shape index (κ2) is 5.90. The van der Waals surface area contributed by atoms with Crippen molar-refractivity contribution < 1.29 is 14.7 Å². The van der Waals surface area contributed by atoms with E-state index in [9.17, 15) is 14.7 Å². The number of nitrogens with one attached hydrogen (secondary N) is 1. The van der Waals surface area contributed by atoms with Crippen molar-refractivity contribution >= 4 is 29.0 Å². The van der Waals surface area contributed by atoms with Gasteiger partial charge in [0.15, 0.2) is 5.78 Å². The monoisotopic (exact) mass is 307 g/mol. The minimum Gasteiger partial charge on any atom is -0.480 e. The zero-order valence-electron chi connectivity index (χ0n) is 12.0. The molecule has 5 heteroatoms. The van der Waals surface area contributed by atoms with E-state index in [1.54, 1.807) is 19.1 Å². The van der Waals surface area contributed by atoms with Crippen molar-refractivity contribution in [3.8, 4) is 0 Å². The highest BCUT2D eigenvalue weighted by molar-refractivity contribution is 6.30. The first kappa shape index (κ1) is 15.6. The number of anilines is 1. The maximum atomic E-state index is 12.3. The number of allylic oxidation sites excluding steroid dienone is 2. The van der Waals surface area contributed by atoms with E-state index >= 15 is 0 Å². The number of carboxylic acids is 1. The largest absolute Gasteiger partial charge is 0.480 e. The first-order valence-corrected chi connectivity index (χ1v) is 7.29. The molecule has 2 atom stereocenters. The summed E-state index contributed by atoms with van der Waals surface area (Å²) in [5.41, 5.74) is 0.260. The quantitative estimate of drug-likeness (QED) is 0.832. The summed E-state index contributed by atoms with van der Waals surface area (Å²) in [5.74, 6) is -1.63. The van der Waals surface area contributed by atoms with Crippen LogP contribution in [0.4, 0.5) is 5.69 Å². The molecule has 1 aromatic rings. The maximum Gasteiger partial charge on any atom is 0.317 e. The van der Waals surface area contributed by atoms with Crippen LogP contribution < -0.4 is 5.32 Å². The molecular weight excluding hydrogens is 290 g/mol. The summed E-state index contributed by atoms with van der Waals surface area (Å²) >= 11 is 5.83. The fourth-order valence-corrected chi connectivity index (χ4v) is 3.01. The molecule has 1 aliphatic carbocycles. The molecule has 0 radical (unpaired) electrons. The minimum absolute atomic E-state index is 0.257. The molecule has 1 aromatic carbocycles. The summed E-state index contributed by atoms with van der Waals surface area (Å²) in [7, 11) is 0. The van der Waals surface area contributed by atoms with Crippen LogP contribution in [0, 0.1) is 11.3 Å². The fraction of sp³-hybridized carbons (Fsp3) is 0.375. The van der Waals surface area contributed by atoms with E-state index in [1.807, 2.05) is 19.1 Å². The highest BCUT2D eigenvalue weighted by atomic mass is 35.5. The van der Waals surface area contributed by atoms with Crippen LogP contribution in [0.1, 0.15) is 26.7 Å². The van der Waals surface area contributed by atoms with E-state index in [4.69, 9.17) is 11.6 Å². The molecule has 2 unspecified atom stereocenters. The third-order valence-electron chi connectivity index (χ3n) is 4.20. The maximum absolute atomic E-state index is 12.3. The Labute approximate surface area is 128 Å². The van der Waals surface area contributed by atoms with Gasteiger partial charge in [-0.15, -0.1) is 0 Å². The van der Waals surface area contributed by atoms with Crippen LogP contribution >= 0.6 is 11.6 Å². The average molecular weight is 308 g/mol. The van der Waals surface area contributed by atoms with Crippen LogP contribution in [-0.2, 0) is 9.59 Å². The fourth-order valence-electron chi connectivity index (χ4n) is 2.89. The molecule has 0 aliphatic heterocycles. The van der Waals surface area contributed by atoms with Crippen molar-refractivity contribution in [2.24, 2.45) is 11.3 Å². The zero-order valence-corrected chi connectivity index (χ0v) is 12.8. The van der Waals surface area contributed by atoms with Gasteiger partial charge in [-0.05, 0) is 43.0 Å². The van der Waals surface area contributed by atoms with Crippen molar-refractivity contribution in [3.05, 3.63) is 41.1 Å². The molecule has 4 nitrogen and oxygen atoms in total. The third-order valence-corrected chi connectivity index (χ3v) is 4.45. The van der Waals surface area contributed by atoms with Gasteiger partial charge in [0.2, 0.25) is 0 Å². The molecule has 0 aromatic heterocycles. The molecule has 0 spiro atoms. The van der Waals surface area contributed by atoms with Crippen molar-refractivity contribution in [2.75, 3.05) is 5.32 Å². The Kier molecular flexibility index (Phi) is 4.37. The minimum atomic E-state index is -1.30. The molecular formula is C16H18ClNO3. The van der Waals surface area contributed by atoms with Gasteiger partial charge < -0.3 is 10.4 Å². The van der Waals surface area contributed by atoms with Crippen LogP contribution in [0.5, 0.6) is 0 Å². The van der Waals surface area contributed by atoms with Gasteiger partial charge in [-0.1, -0.05) is 25.4 Å². The SMILES string of the molecule is CCC1(C(=O)O)C(=O)C=C(Nc2ccc(Cl)cc2)CC1C. The number of hydrogen-bond acceptors (Lipinski definition) is 3. The predicted octanol–water partition coefficient (Wildman–Crippen LogP) is 3.73. The van der Waals surface area contributed by atoms with E-state index < -0.39 is 11.4 Å². The topological polar surface area (TPSA) is 66.4 Å². The van der Waals surface area contributed by atoms with Gasteiger partial charge in [0.1, 0.15) is 5.41 Å². The lowest BCUT2D eigenvalue weighted by Gasteiger charge is -2.36. The van der Waals surface area contributed by atoms with Gasteiger partial charge in [0.05, 0.1) is 0 Å². The normalized spacial score (nSPS) is 25.4. The Hall–Kier alpha value is -1.81. The van der Waals surface area contributed by atoms with Crippen molar-refractivity contribution in [1.82, 2.24) is 0 Å². The number of carbonyl (C=O) groups excluding carboxylic acids is 1. The second-order valence-electron chi connectivity index (χ2n) is 5.40. The standard InChI is InChI=1S/C16H18ClNO3/c1-3-16(15(20)21)10(2)8-13(9-14(16)19)18-12-6-4-11(17)5-7-12/h4-7,9-10,18H,3,8H2,1-2H3,(H,20,21). The number of benzene rings is 1. The van der Waals surface area contributed by atoms with Gasteiger partial charge in [-0.25, -0.2) is 0 Å². The summed E-state index contributed by atoms with van der Waals surface area (Å²) in [6.07, 6.45) is 2.24. The molecule has 2 N–H and O–H groups in total. The summed E-state index contributed by atoms with van der Waals surface area (Å²) in [4.78, 5) is 23.9. The average Bonchev–Trinajstić information content (AvgIpc) is 2.41. The Morgan fingerprint density at radius 2 is 2.05 bits per heavy atom. The lowest BCUT2D eigenvalue weighted by molar-refractivity contribution is -0.157. The predicted molar refractivity (Wildman–Crippen MR) is 82.3 cm³/mol. The smallest absolute Gasteiger partial charge is 0.317 e. The number of ketones is 1. The molecule has 0 amide bonds. The van der Waals surface area contributed by atoms with Gasteiger partial charge in [-0.2, -0.15) is 0 Å². The Morgan fingerprint density at radius 3 is 2.52 bits per heavy atom. The first-order valence-electron chi connectivity index (χ1n) is 6.91. The number of aliphatic carboxylic acids is 1. The third kappa shape index (κ3) is 2.81. The van der Waals surface area contributed by atoms with E-state index in [0.717, 1.165) is 11.4 Å². The zero-order chi connectivity index (χ0) is 15.6. The van der Waals surface area contributed by atoms with Crippen LogP contribution in [0.3, 0.4) is 0 Å². The molecule has 0 fully saturated rings. The molecule has 0 bridgehead atoms. The summed E-state index contributed by atoms with van der Waals surface area (Å²) in [5, 5.41) is 13.2. The van der Waals surface area contributed by atoms with Crippen LogP contribution in [0.2, 0.25) is 5.02 Å². The molecule has 0 saturated carbocycles. The second-order valence-corrected chi connectivity index (χ2v) is 5.84. The van der Waals surface area contributed by atoms with Crippen LogP contribution in [0.15, 0.2) is 36.0 Å². The van der Waals surface area contributed by atoms with Gasteiger partial charge in [0, 0.05) is 22.5 Å². The van der Waals surface area contributed by atoms with Crippen molar-refractivity contribution in [3.63, 3.8) is 0 Å². The summed E-state index contributed by atoms with van der Waals surface area (Å²) in [6, 6.07) is 7.15. The van der Waals surface area contributed by atoms with Gasteiger partial charge >= 0.3 is 5.97 Å². The molecule has 112 valence electrons. The molecule has 0 heterocycles. The van der Waals surface area contributed by atoms with Gasteiger partial charge in [0.25, 0.3) is 0 Å². The number of carboxylic acid groups (broad SMARTS) is 1. The van der Waals surface area contributed by atoms with Crippen molar-refractivity contribution in [1.29, 1.82) is 0 Å². The Balaban J connectivity index is 2.25. The Morgan fingerprint density at radius 1 is 1.43 bits per heavy atom. The number of hydrogen-bond donors (Lipinski definition) is 2. The lowest BCUT2D eigenvalue weighted by atomic mass is 9.66.